The molecule has 112 valence electrons. The van der Waals surface area contributed by atoms with Gasteiger partial charge in [-0.2, -0.15) is 0 Å². The summed E-state index contributed by atoms with van der Waals surface area (Å²) in [5, 5.41) is 0. The maximum atomic E-state index is 12.5. The molecule has 2 rings (SSSR count). The number of aromatic nitrogens is 2. The highest BCUT2D eigenvalue weighted by molar-refractivity contribution is 7.89. The first-order valence-electron chi connectivity index (χ1n) is 6.44. The third-order valence-corrected chi connectivity index (χ3v) is 4.88. The van der Waals surface area contributed by atoms with E-state index in [9.17, 15) is 8.42 Å². The van der Waals surface area contributed by atoms with Crippen molar-refractivity contribution in [2.24, 2.45) is 0 Å². The number of benzene rings is 1. The monoisotopic (exact) mass is 306 g/mol. The van der Waals surface area contributed by atoms with Gasteiger partial charge in [-0.05, 0) is 38.0 Å². The second-order valence-electron chi connectivity index (χ2n) is 4.90. The Morgan fingerprint density at radius 1 is 1.14 bits per heavy atom. The van der Waals surface area contributed by atoms with Gasteiger partial charge in [0, 0.05) is 11.9 Å². The van der Waals surface area contributed by atoms with Gasteiger partial charge in [-0.15, -0.1) is 0 Å². The number of hydrogen-bond donors (Lipinski definition) is 2. The van der Waals surface area contributed by atoms with E-state index in [0.717, 1.165) is 5.69 Å². The van der Waals surface area contributed by atoms with Crippen LogP contribution in [0.25, 0.3) is 0 Å². The average Bonchev–Trinajstić information content (AvgIpc) is 2.43. The molecule has 1 aromatic carbocycles. The van der Waals surface area contributed by atoms with E-state index in [0.29, 0.717) is 22.5 Å². The highest BCUT2D eigenvalue weighted by Crippen LogP contribution is 2.24. The summed E-state index contributed by atoms with van der Waals surface area (Å²) in [4.78, 5) is 8.43. The van der Waals surface area contributed by atoms with Crippen LogP contribution in [-0.4, -0.2) is 18.4 Å². The summed E-state index contributed by atoms with van der Waals surface area (Å²) in [6.07, 6.45) is 3.15. The summed E-state index contributed by atoms with van der Waals surface area (Å²) < 4.78 is 27.4. The van der Waals surface area contributed by atoms with Crippen LogP contribution in [0.5, 0.6) is 0 Å². The number of aryl methyl sites for hydroxylation is 2. The standard InChI is InChI=1S/C14H18N4O2S/c1-9-4-5-13(15)11(3)14(9)21(19,20)18-8-12-7-16-10(2)6-17-12/h4-7,18H,8,15H2,1-3H3. The minimum absolute atomic E-state index is 0.0866. The van der Waals surface area contributed by atoms with Gasteiger partial charge >= 0.3 is 0 Å². The Morgan fingerprint density at radius 3 is 2.48 bits per heavy atom. The molecule has 7 heteroatoms. The van der Waals surface area contributed by atoms with Crippen molar-refractivity contribution in [3.8, 4) is 0 Å². The van der Waals surface area contributed by atoms with Crippen LogP contribution in [0, 0.1) is 20.8 Å². The Bertz CT molecular complexity index is 755. The zero-order valence-electron chi connectivity index (χ0n) is 12.2. The summed E-state index contributed by atoms with van der Waals surface area (Å²) >= 11 is 0. The highest BCUT2D eigenvalue weighted by atomic mass is 32.2. The Kier molecular flexibility index (Phi) is 4.24. The zero-order valence-corrected chi connectivity index (χ0v) is 13.0. The largest absolute Gasteiger partial charge is 0.398 e. The Balaban J connectivity index is 2.27. The van der Waals surface area contributed by atoms with E-state index in [1.54, 1.807) is 38.4 Å². The molecule has 0 fully saturated rings. The van der Waals surface area contributed by atoms with E-state index in [4.69, 9.17) is 5.73 Å². The molecule has 0 aliphatic heterocycles. The molecule has 1 heterocycles. The van der Waals surface area contributed by atoms with E-state index in [-0.39, 0.29) is 11.4 Å². The first-order chi connectivity index (χ1) is 9.81. The molecule has 0 spiro atoms. The molecule has 0 atom stereocenters. The third-order valence-electron chi connectivity index (χ3n) is 3.19. The van der Waals surface area contributed by atoms with Crippen molar-refractivity contribution < 1.29 is 8.42 Å². The lowest BCUT2D eigenvalue weighted by Crippen LogP contribution is -2.25. The lowest BCUT2D eigenvalue weighted by molar-refractivity contribution is 0.579. The van der Waals surface area contributed by atoms with Crippen LogP contribution in [0.1, 0.15) is 22.5 Å². The summed E-state index contributed by atoms with van der Waals surface area (Å²) in [5.74, 6) is 0. The van der Waals surface area contributed by atoms with Crippen molar-refractivity contribution in [2.75, 3.05) is 5.73 Å². The van der Waals surface area contributed by atoms with Gasteiger partial charge in [0.05, 0.1) is 29.0 Å². The fraction of sp³-hybridized carbons (Fsp3) is 0.286. The number of nitrogen functional groups attached to an aromatic ring is 1. The normalized spacial score (nSPS) is 11.6. The van der Waals surface area contributed by atoms with Crippen LogP contribution < -0.4 is 10.5 Å². The van der Waals surface area contributed by atoms with Gasteiger partial charge in [0.15, 0.2) is 0 Å². The van der Waals surface area contributed by atoms with Gasteiger partial charge < -0.3 is 5.73 Å². The minimum Gasteiger partial charge on any atom is -0.398 e. The quantitative estimate of drug-likeness (QED) is 0.833. The third kappa shape index (κ3) is 3.37. The van der Waals surface area contributed by atoms with E-state index < -0.39 is 10.0 Å². The van der Waals surface area contributed by atoms with Crippen LogP contribution >= 0.6 is 0 Å². The van der Waals surface area contributed by atoms with Crippen molar-refractivity contribution in [2.45, 2.75) is 32.2 Å². The summed E-state index contributed by atoms with van der Waals surface area (Å²) in [5.41, 5.74) is 8.80. The molecule has 0 amide bonds. The number of nitrogens with two attached hydrogens (primary N) is 1. The zero-order chi connectivity index (χ0) is 15.6. The molecule has 0 radical (unpaired) electrons. The van der Waals surface area contributed by atoms with E-state index >= 15 is 0 Å². The van der Waals surface area contributed by atoms with Gasteiger partial charge in [0.2, 0.25) is 10.0 Å². The topological polar surface area (TPSA) is 98.0 Å². The van der Waals surface area contributed by atoms with Crippen LogP contribution in [0.15, 0.2) is 29.4 Å². The molecule has 0 aliphatic rings. The molecule has 1 aromatic heterocycles. The van der Waals surface area contributed by atoms with Gasteiger partial charge in [0.25, 0.3) is 0 Å². The molecule has 3 N–H and O–H groups in total. The van der Waals surface area contributed by atoms with Crippen LogP contribution in [0.3, 0.4) is 0 Å². The van der Waals surface area contributed by atoms with Crippen LogP contribution in [0.2, 0.25) is 0 Å². The number of nitrogens with one attached hydrogen (secondary N) is 1. The summed E-state index contributed by atoms with van der Waals surface area (Å²) in [6.45, 7) is 5.35. The predicted octanol–water partition coefficient (Wildman–Crippen LogP) is 1.46. The van der Waals surface area contributed by atoms with Crippen molar-refractivity contribution >= 4 is 15.7 Å². The Hall–Kier alpha value is -1.99. The lowest BCUT2D eigenvalue weighted by Gasteiger charge is -2.13. The van der Waals surface area contributed by atoms with Crippen molar-refractivity contribution in [1.29, 1.82) is 0 Å². The van der Waals surface area contributed by atoms with Gasteiger partial charge in [-0.1, -0.05) is 6.07 Å². The maximum Gasteiger partial charge on any atom is 0.241 e. The van der Waals surface area contributed by atoms with Gasteiger partial charge in [-0.3, -0.25) is 9.97 Å². The molecule has 0 aliphatic carbocycles. The molecule has 6 nitrogen and oxygen atoms in total. The van der Waals surface area contributed by atoms with E-state index in [1.807, 2.05) is 6.92 Å². The second-order valence-corrected chi connectivity index (χ2v) is 6.60. The number of anilines is 1. The van der Waals surface area contributed by atoms with Gasteiger partial charge in [-0.25, -0.2) is 13.1 Å². The van der Waals surface area contributed by atoms with Crippen LogP contribution in [0.4, 0.5) is 5.69 Å². The predicted molar refractivity (Wildman–Crippen MR) is 81.1 cm³/mol. The Labute approximate surface area is 124 Å². The first kappa shape index (κ1) is 15.4. The SMILES string of the molecule is Cc1cnc(CNS(=O)(=O)c2c(C)ccc(N)c2C)cn1. The van der Waals surface area contributed by atoms with Gasteiger partial charge in [0.1, 0.15) is 0 Å². The maximum absolute atomic E-state index is 12.5. The van der Waals surface area contributed by atoms with Crippen molar-refractivity contribution in [1.82, 2.24) is 14.7 Å². The molecule has 0 bridgehead atoms. The van der Waals surface area contributed by atoms with E-state index in [2.05, 4.69) is 14.7 Å². The molecule has 21 heavy (non-hydrogen) atoms. The number of nitrogens with zero attached hydrogens (tertiary/aromatic N) is 2. The smallest absolute Gasteiger partial charge is 0.241 e. The number of hydrogen-bond acceptors (Lipinski definition) is 5. The molecule has 0 saturated heterocycles. The highest BCUT2D eigenvalue weighted by Gasteiger charge is 2.20. The summed E-state index contributed by atoms with van der Waals surface area (Å²) in [6, 6.07) is 3.40. The molecular formula is C14H18N4O2S. The fourth-order valence-corrected chi connectivity index (χ4v) is 3.50. The summed E-state index contributed by atoms with van der Waals surface area (Å²) in [7, 11) is -3.65. The average molecular weight is 306 g/mol. The molecular weight excluding hydrogens is 288 g/mol. The van der Waals surface area contributed by atoms with E-state index in [1.165, 1.54) is 0 Å². The van der Waals surface area contributed by atoms with Crippen LogP contribution in [-0.2, 0) is 16.6 Å². The van der Waals surface area contributed by atoms with Crippen molar-refractivity contribution in [3.05, 3.63) is 47.0 Å². The lowest BCUT2D eigenvalue weighted by atomic mass is 10.1. The van der Waals surface area contributed by atoms with Crippen molar-refractivity contribution in [3.63, 3.8) is 0 Å². The fourth-order valence-electron chi connectivity index (χ4n) is 2.01. The minimum atomic E-state index is -3.65. The Morgan fingerprint density at radius 2 is 1.86 bits per heavy atom. The number of sulfonamides is 1. The molecule has 0 unspecified atom stereocenters. The molecule has 0 saturated carbocycles. The molecule has 2 aromatic rings. The number of rotatable bonds is 4. The first-order valence-corrected chi connectivity index (χ1v) is 7.92. The second kappa shape index (κ2) is 5.79.